The van der Waals surface area contributed by atoms with Crippen molar-refractivity contribution < 1.29 is 9.18 Å². The van der Waals surface area contributed by atoms with Crippen LogP contribution in [0.15, 0.2) is 48.5 Å². The van der Waals surface area contributed by atoms with Gasteiger partial charge in [-0.05, 0) is 23.8 Å². The lowest BCUT2D eigenvalue weighted by Gasteiger charge is -2.06. The molecule has 0 saturated heterocycles. The van der Waals surface area contributed by atoms with E-state index in [9.17, 15) is 9.18 Å². The molecular weight excluding hydrogens is 267 g/mol. The summed E-state index contributed by atoms with van der Waals surface area (Å²) in [5.74, 6) is 4.42. The number of carbonyl (C=O) groups is 1. The second kappa shape index (κ2) is 7.22. The first-order valence-electron chi connectivity index (χ1n) is 6.51. The maximum absolute atomic E-state index is 13.7. The highest BCUT2D eigenvalue weighted by atomic mass is 19.1. The summed E-state index contributed by atoms with van der Waals surface area (Å²) in [7, 11) is 0. The van der Waals surface area contributed by atoms with E-state index in [2.05, 4.69) is 17.2 Å². The van der Waals surface area contributed by atoms with Crippen LogP contribution in [-0.4, -0.2) is 12.5 Å². The van der Waals surface area contributed by atoms with Crippen LogP contribution in [0.2, 0.25) is 0 Å². The molecule has 3 N–H and O–H groups in total. The number of rotatable bonds is 3. The Labute approximate surface area is 123 Å². The summed E-state index contributed by atoms with van der Waals surface area (Å²) in [5.41, 5.74) is 6.78. The Hall–Kier alpha value is -2.64. The molecule has 0 aliphatic heterocycles. The van der Waals surface area contributed by atoms with Crippen LogP contribution < -0.4 is 11.1 Å². The van der Waals surface area contributed by atoms with Crippen molar-refractivity contribution in [2.45, 2.75) is 6.54 Å². The summed E-state index contributed by atoms with van der Waals surface area (Å²) in [6.45, 7) is 0.560. The minimum absolute atomic E-state index is 0.0187. The van der Waals surface area contributed by atoms with Gasteiger partial charge in [-0.3, -0.25) is 4.79 Å². The van der Waals surface area contributed by atoms with Gasteiger partial charge >= 0.3 is 0 Å². The van der Waals surface area contributed by atoms with Gasteiger partial charge in [0, 0.05) is 12.1 Å². The van der Waals surface area contributed by atoms with Crippen LogP contribution in [0.3, 0.4) is 0 Å². The van der Waals surface area contributed by atoms with E-state index in [0.29, 0.717) is 12.1 Å². The van der Waals surface area contributed by atoms with Crippen molar-refractivity contribution in [1.29, 1.82) is 0 Å². The molecule has 2 aromatic carbocycles. The predicted octanol–water partition coefficient (Wildman–Crippen LogP) is 2.07. The molecule has 0 saturated carbocycles. The number of nitrogens with one attached hydrogen (secondary N) is 1. The highest BCUT2D eigenvalue weighted by Gasteiger charge is 2.11. The van der Waals surface area contributed by atoms with Crippen LogP contribution in [0.4, 0.5) is 4.39 Å². The highest BCUT2D eigenvalue weighted by molar-refractivity contribution is 5.94. The smallest absolute Gasteiger partial charge is 0.254 e. The fraction of sp³-hybridized carbons (Fsp3) is 0.118. The molecule has 2 rings (SSSR count). The minimum Gasteiger partial charge on any atom is -0.348 e. The summed E-state index contributed by atoms with van der Waals surface area (Å²) in [6, 6.07) is 13.6. The Balaban J connectivity index is 2.11. The van der Waals surface area contributed by atoms with E-state index < -0.39 is 11.7 Å². The number of benzene rings is 2. The van der Waals surface area contributed by atoms with Crippen molar-refractivity contribution >= 4 is 5.91 Å². The van der Waals surface area contributed by atoms with Crippen LogP contribution in [-0.2, 0) is 6.54 Å². The molecule has 0 unspecified atom stereocenters. The Morgan fingerprint density at radius 2 is 1.95 bits per heavy atom. The third-order valence-corrected chi connectivity index (χ3v) is 2.84. The molecule has 0 fully saturated rings. The van der Waals surface area contributed by atoms with Gasteiger partial charge < -0.3 is 11.1 Å². The summed E-state index contributed by atoms with van der Waals surface area (Å²) in [6.07, 6.45) is 0. The molecule has 0 heterocycles. The van der Waals surface area contributed by atoms with E-state index in [4.69, 9.17) is 5.73 Å². The van der Waals surface area contributed by atoms with Crippen molar-refractivity contribution in [3.05, 3.63) is 71.0 Å². The number of amides is 1. The van der Waals surface area contributed by atoms with Gasteiger partial charge in [0.05, 0.1) is 12.1 Å². The molecule has 4 heteroatoms. The zero-order chi connectivity index (χ0) is 15.1. The third kappa shape index (κ3) is 4.16. The Morgan fingerprint density at radius 3 is 2.67 bits per heavy atom. The Kier molecular flexibility index (Phi) is 5.08. The van der Waals surface area contributed by atoms with Gasteiger partial charge in [0.25, 0.3) is 5.91 Å². The minimum atomic E-state index is -0.570. The summed E-state index contributed by atoms with van der Waals surface area (Å²) in [4.78, 5) is 12.0. The normalized spacial score (nSPS) is 9.62. The second-order valence-corrected chi connectivity index (χ2v) is 4.37. The molecule has 106 valence electrons. The topological polar surface area (TPSA) is 55.1 Å². The zero-order valence-electron chi connectivity index (χ0n) is 11.4. The van der Waals surface area contributed by atoms with E-state index in [1.807, 2.05) is 30.3 Å². The monoisotopic (exact) mass is 282 g/mol. The lowest BCUT2D eigenvalue weighted by atomic mass is 10.1. The van der Waals surface area contributed by atoms with Crippen molar-refractivity contribution in [2.24, 2.45) is 5.73 Å². The van der Waals surface area contributed by atoms with Crippen LogP contribution in [0.25, 0.3) is 0 Å². The van der Waals surface area contributed by atoms with Gasteiger partial charge in [-0.25, -0.2) is 4.39 Å². The van der Waals surface area contributed by atoms with Crippen LogP contribution in [0, 0.1) is 17.7 Å². The molecular formula is C17H15FN2O. The molecule has 21 heavy (non-hydrogen) atoms. The molecule has 2 aromatic rings. The van der Waals surface area contributed by atoms with Crippen molar-refractivity contribution in [1.82, 2.24) is 5.32 Å². The first-order valence-corrected chi connectivity index (χ1v) is 6.51. The van der Waals surface area contributed by atoms with E-state index in [0.717, 1.165) is 5.56 Å². The Morgan fingerprint density at radius 1 is 1.19 bits per heavy atom. The van der Waals surface area contributed by atoms with Gasteiger partial charge in [0.2, 0.25) is 0 Å². The second-order valence-electron chi connectivity index (χ2n) is 4.37. The SMILES string of the molecule is NCC#Cc1ccc(F)c(C(=O)NCc2ccccc2)c1. The van der Waals surface area contributed by atoms with Gasteiger partial charge in [-0.2, -0.15) is 0 Å². The predicted molar refractivity (Wildman–Crippen MR) is 79.9 cm³/mol. The average Bonchev–Trinajstić information content (AvgIpc) is 2.53. The van der Waals surface area contributed by atoms with Crippen LogP contribution in [0.1, 0.15) is 21.5 Å². The van der Waals surface area contributed by atoms with E-state index in [1.54, 1.807) is 0 Å². The maximum atomic E-state index is 13.7. The number of nitrogens with two attached hydrogens (primary N) is 1. The summed E-state index contributed by atoms with van der Waals surface area (Å²) >= 11 is 0. The van der Waals surface area contributed by atoms with Crippen molar-refractivity contribution in [3.63, 3.8) is 0 Å². The molecule has 0 spiro atoms. The van der Waals surface area contributed by atoms with E-state index in [-0.39, 0.29) is 12.1 Å². The lowest BCUT2D eigenvalue weighted by Crippen LogP contribution is -2.23. The number of hydrogen-bond acceptors (Lipinski definition) is 2. The Bertz CT molecular complexity index is 687. The van der Waals surface area contributed by atoms with Gasteiger partial charge in [-0.15, -0.1) is 0 Å². The summed E-state index contributed by atoms with van der Waals surface area (Å²) < 4.78 is 13.7. The molecule has 0 radical (unpaired) electrons. The molecule has 0 atom stereocenters. The molecule has 3 nitrogen and oxygen atoms in total. The fourth-order valence-corrected chi connectivity index (χ4v) is 1.80. The molecule has 0 aromatic heterocycles. The highest BCUT2D eigenvalue weighted by Crippen LogP contribution is 2.10. The van der Waals surface area contributed by atoms with Gasteiger partial charge in [-0.1, -0.05) is 42.2 Å². The molecule has 1 amide bonds. The molecule has 0 aliphatic rings. The quantitative estimate of drug-likeness (QED) is 0.847. The van der Waals surface area contributed by atoms with E-state index >= 15 is 0 Å². The first kappa shape index (κ1) is 14.8. The number of hydrogen-bond donors (Lipinski definition) is 2. The largest absolute Gasteiger partial charge is 0.348 e. The maximum Gasteiger partial charge on any atom is 0.254 e. The van der Waals surface area contributed by atoms with Crippen LogP contribution in [0.5, 0.6) is 0 Å². The fourth-order valence-electron chi connectivity index (χ4n) is 1.80. The zero-order valence-corrected chi connectivity index (χ0v) is 11.4. The number of halogens is 1. The van der Waals surface area contributed by atoms with Crippen molar-refractivity contribution in [2.75, 3.05) is 6.54 Å². The number of carbonyl (C=O) groups excluding carboxylic acids is 1. The van der Waals surface area contributed by atoms with Gasteiger partial charge in [0.1, 0.15) is 5.82 Å². The van der Waals surface area contributed by atoms with E-state index in [1.165, 1.54) is 18.2 Å². The van der Waals surface area contributed by atoms with Gasteiger partial charge in [0.15, 0.2) is 0 Å². The first-order chi connectivity index (χ1) is 10.2. The average molecular weight is 282 g/mol. The standard InChI is InChI=1S/C17H15FN2O/c18-16-9-8-13(7-4-10-19)11-15(16)17(21)20-12-14-5-2-1-3-6-14/h1-3,5-6,8-9,11H,10,12,19H2,(H,20,21). The molecule has 0 aliphatic carbocycles. The van der Waals surface area contributed by atoms with Crippen molar-refractivity contribution in [3.8, 4) is 11.8 Å². The summed E-state index contributed by atoms with van der Waals surface area (Å²) in [5, 5.41) is 2.69. The third-order valence-electron chi connectivity index (χ3n) is 2.84. The van der Waals surface area contributed by atoms with Crippen LogP contribution >= 0.6 is 0 Å². The lowest BCUT2D eigenvalue weighted by molar-refractivity contribution is 0.0947. The molecule has 0 bridgehead atoms.